The number of H-pyrrole nitrogens is 1. The molecular formula is C20H24N2O3. The maximum absolute atomic E-state index is 12.6. The smallest absolute Gasteiger partial charge is 0.224 e. The number of aryl methyl sites for hydroxylation is 1. The molecule has 1 aliphatic rings. The number of rotatable bonds is 5. The summed E-state index contributed by atoms with van der Waals surface area (Å²) in [6.45, 7) is 0.436. The number of nitrogens with one attached hydrogen (secondary N) is 2. The van der Waals surface area contributed by atoms with Gasteiger partial charge in [-0.1, -0.05) is 18.6 Å². The monoisotopic (exact) mass is 340 g/mol. The van der Waals surface area contributed by atoms with Crippen molar-refractivity contribution in [3.63, 3.8) is 0 Å². The molecule has 0 unspecified atom stereocenters. The maximum Gasteiger partial charge on any atom is 0.224 e. The molecule has 2 N–H and O–H groups in total. The van der Waals surface area contributed by atoms with Crippen molar-refractivity contribution < 1.29 is 9.53 Å². The number of benzene rings is 1. The highest BCUT2D eigenvalue weighted by atomic mass is 16.5. The molecule has 25 heavy (non-hydrogen) atoms. The summed E-state index contributed by atoms with van der Waals surface area (Å²) in [4.78, 5) is 28.1. The lowest BCUT2D eigenvalue weighted by Crippen LogP contribution is -2.28. The number of ether oxygens (including phenoxy) is 1. The van der Waals surface area contributed by atoms with Gasteiger partial charge in [-0.05, 0) is 43.4 Å². The fourth-order valence-corrected chi connectivity index (χ4v) is 3.24. The van der Waals surface area contributed by atoms with Crippen molar-refractivity contribution in [1.29, 1.82) is 0 Å². The van der Waals surface area contributed by atoms with E-state index in [0.29, 0.717) is 12.1 Å². The van der Waals surface area contributed by atoms with Crippen LogP contribution >= 0.6 is 0 Å². The molecule has 0 bridgehead atoms. The Labute approximate surface area is 147 Å². The second-order valence-corrected chi connectivity index (χ2v) is 6.46. The molecule has 5 heteroatoms. The van der Waals surface area contributed by atoms with E-state index in [1.54, 1.807) is 13.3 Å². The zero-order chi connectivity index (χ0) is 17.6. The van der Waals surface area contributed by atoms with Gasteiger partial charge >= 0.3 is 0 Å². The Balaban J connectivity index is 1.62. The normalized spacial score (nSPS) is 13.6. The van der Waals surface area contributed by atoms with Gasteiger partial charge in [0.25, 0.3) is 0 Å². The second-order valence-electron chi connectivity index (χ2n) is 6.46. The Morgan fingerprint density at radius 1 is 1.16 bits per heavy atom. The van der Waals surface area contributed by atoms with Crippen molar-refractivity contribution in [1.82, 2.24) is 10.3 Å². The van der Waals surface area contributed by atoms with Crippen molar-refractivity contribution in [3.05, 3.63) is 63.1 Å². The minimum Gasteiger partial charge on any atom is -0.497 e. The third-order valence-corrected chi connectivity index (χ3v) is 4.70. The first kappa shape index (κ1) is 17.3. The SMILES string of the molecule is COc1ccc(CNC(=O)Cc2c[nH]c3c(c2=O)CCCCC3)cc1. The van der Waals surface area contributed by atoms with E-state index >= 15 is 0 Å². The fraction of sp³-hybridized carbons (Fsp3) is 0.400. The van der Waals surface area contributed by atoms with Crippen LogP contribution in [0.15, 0.2) is 35.3 Å². The van der Waals surface area contributed by atoms with Crippen LogP contribution in [0.5, 0.6) is 5.75 Å². The van der Waals surface area contributed by atoms with Gasteiger partial charge in [0.15, 0.2) is 5.43 Å². The van der Waals surface area contributed by atoms with Gasteiger partial charge in [0.1, 0.15) is 5.75 Å². The molecule has 1 amide bonds. The number of aromatic nitrogens is 1. The summed E-state index contributed by atoms with van der Waals surface area (Å²) in [6, 6.07) is 7.54. The third kappa shape index (κ3) is 4.29. The van der Waals surface area contributed by atoms with Crippen molar-refractivity contribution in [2.75, 3.05) is 7.11 Å². The van der Waals surface area contributed by atoms with Crippen molar-refractivity contribution in [2.24, 2.45) is 0 Å². The van der Waals surface area contributed by atoms with Gasteiger partial charge in [0.2, 0.25) is 5.91 Å². The molecule has 132 valence electrons. The topological polar surface area (TPSA) is 71.2 Å². The molecule has 1 aliphatic carbocycles. The van der Waals surface area contributed by atoms with Gasteiger partial charge in [-0.3, -0.25) is 9.59 Å². The Kier molecular flexibility index (Phi) is 5.53. The number of carbonyl (C=O) groups is 1. The van der Waals surface area contributed by atoms with Crippen LogP contribution in [0.3, 0.4) is 0 Å². The lowest BCUT2D eigenvalue weighted by Gasteiger charge is -2.09. The van der Waals surface area contributed by atoms with E-state index in [0.717, 1.165) is 54.7 Å². The van der Waals surface area contributed by atoms with Crippen LogP contribution in [0.4, 0.5) is 0 Å². The zero-order valence-electron chi connectivity index (χ0n) is 14.6. The second kappa shape index (κ2) is 8.01. The molecular weight excluding hydrogens is 316 g/mol. The fourth-order valence-electron chi connectivity index (χ4n) is 3.24. The number of methoxy groups -OCH3 is 1. The molecule has 0 spiro atoms. The summed E-state index contributed by atoms with van der Waals surface area (Å²) < 4.78 is 5.12. The van der Waals surface area contributed by atoms with Crippen LogP contribution in [0.2, 0.25) is 0 Å². The quantitative estimate of drug-likeness (QED) is 0.822. The van der Waals surface area contributed by atoms with Crippen LogP contribution in [-0.2, 0) is 30.6 Å². The molecule has 0 aliphatic heterocycles. The molecule has 1 aromatic carbocycles. The average molecular weight is 340 g/mol. The molecule has 0 fully saturated rings. The molecule has 0 saturated carbocycles. The zero-order valence-corrected chi connectivity index (χ0v) is 14.6. The number of amides is 1. The van der Waals surface area contributed by atoms with E-state index < -0.39 is 0 Å². The number of hydrogen-bond acceptors (Lipinski definition) is 3. The van der Waals surface area contributed by atoms with E-state index in [4.69, 9.17) is 4.74 Å². The lowest BCUT2D eigenvalue weighted by molar-refractivity contribution is -0.120. The highest BCUT2D eigenvalue weighted by molar-refractivity contribution is 5.78. The van der Waals surface area contributed by atoms with Gasteiger partial charge in [-0.15, -0.1) is 0 Å². The summed E-state index contributed by atoms with van der Waals surface area (Å²) in [5, 5.41) is 2.87. The molecule has 0 atom stereocenters. The van der Waals surface area contributed by atoms with Gasteiger partial charge in [-0.2, -0.15) is 0 Å². The van der Waals surface area contributed by atoms with Gasteiger partial charge < -0.3 is 15.0 Å². The third-order valence-electron chi connectivity index (χ3n) is 4.70. The Morgan fingerprint density at radius 3 is 2.68 bits per heavy atom. The first-order valence-corrected chi connectivity index (χ1v) is 8.79. The molecule has 1 aromatic heterocycles. The average Bonchev–Trinajstić information content (AvgIpc) is 2.89. The van der Waals surface area contributed by atoms with Crippen LogP contribution in [0, 0.1) is 0 Å². The summed E-state index contributed by atoms with van der Waals surface area (Å²) in [6.07, 6.45) is 6.87. The summed E-state index contributed by atoms with van der Waals surface area (Å²) in [5.41, 5.74) is 3.50. The largest absolute Gasteiger partial charge is 0.497 e. The van der Waals surface area contributed by atoms with Crippen LogP contribution in [0.1, 0.15) is 41.6 Å². The summed E-state index contributed by atoms with van der Waals surface area (Å²) >= 11 is 0. The van der Waals surface area contributed by atoms with Gasteiger partial charge in [0, 0.05) is 29.6 Å². The number of pyridine rings is 1. The first-order chi connectivity index (χ1) is 12.2. The number of fused-ring (bicyclic) bond motifs is 1. The van der Waals surface area contributed by atoms with E-state index in [2.05, 4.69) is 10.3 Å². The Bertz CT molecular complexity index is 794. The van der Waals surface area contributed by atoms with Crippen LogP contribution in [0.25, 0.3) is 0 Å². The minimum atomic E-state index is -0.144. The van der Waals surface area contributed by atoms with E-state index in [1.807, 2.05) is 24.3 Å². The van der Waals surface area contributed by atoms with Crippen molar-refractivity contribution >= 4 is 5.91 Å². The van der Waals surface area contributed by atoms with E-state index in [-0.39, 0.29) is 17.8 Å². The van der Waals surface area contributed by atoms with Crippen molar-refractivity contribution in [3.8, 4) is 5.75 Å². The van der Waals surface area contributed by atoms with Crippen LogP contribution < -0.4 is 15.5 Å². The van der Waals surface area contributed by atoms with Crippen LogP contribution in [-0.4, -0.2) is 18.0 Å². The molecule has 5 nitrogen and oxygen atoms in total. The van der Waals surface area contributed by atoms with Gasteiger partial charge in [-0.25, -0.2) is 0 Å². The molecule has 0 radical (unpaired) electrons. The molecule has 1 heterocycles. The predicted molar refractivity (Wildman–Crippen MR) is 96.9 cm³/mol. The van der Waals surface area contributed by atoms with Crippen molar-refractivity contribution in [2.45, 2.75) is 45.1 Å². The number of aromatic amines is 1. The lowest BCUT2D eigenvalue weighted by atomic mass is 10.0. The van der Waals surface area contributed by atoms with E-state index in [1.165, 1.54) is 0 Å². The molecule has 0 saturated heterocycles. The summed E-state index contributed by atoms with van der Waals surface area (Å²) in [5.74, 6) is 0.640. The highest BCUT2D eigenvalue weighted by Gasteiger charge is 2.16. The number of hydrogen-bond donors (Lipinski definition) is 2. The maximum atomic E-state index is 12.6. The Morgan fingerprint density at radius 2 is 1.92 bits per heavy atom. The molecule has 2 aromatic rings. The minimum absolute atomic E-state index is 0.0373. The standard InChI is InChI=1S/C20H24N2O3/c1-25-16-9-7-14(8-10-16)12-22-19(23)11-15-13-21-18-6-4-2-3-5-17(18)20(15)24/h7-10,13H,2-6,11-12H2,1H3,(H,21,24)(H,22,23). The number of carbonyl (C=O) groups excluding carboxylic acids is 1. The van der Waals surface area contributed by atoms with E-state index in [9.17, 15) is 9.59 Å². The predicted octanol–water partition coefficient (Wildman–Crippen LogP) is 2.51. The van der Waals surface area contributed by atoms with Gasteiger partial charge in [0.05, 0.1) is 13.5 Å². The molecule has 3 rings (SSSR count). The summed E-state index contributed by atoms with van der Waals surface area (Å²) in [7, 11) is 1.62. The highest BCUT2D eigenvalue weighted by Crippen LogP contribution is 2.16. The first-order valence-electron chi connectivity index (χ1n) is 8.79. The Hall–Kier alpha value is -2.56.